The van der Waals surface area contributed by atoms with E-state index in [1.807, 2.05) is 0 Å². The second kappa shape index (κ2) is 8.61. The van der Waals surface area contributed by atoms with Gasteiger partial charge in [-0.05, 0) is 43.7 Å². The molecule has 0 unspecified atom stereocenters. The van der Waals surface area contributed by atoms with Gasteiger partial charge in [-0.15, -0.1) is 0 Å². The van der Waals surface area contributed by atoms with Crippen LogP contribution in [0, 0.1) is 6.92 Å². The molecule has 0 radical (unpaired) electrons. The first-order chi connectivity index (χ1) is 13.1. The maximum absolute atomic E-state index is 12.9. The molecule has 0 aliphatic heterocycles. The van der Waals surface area contributed by atoms with E-state index in [1.165, 1.54) is 20.1 Å². The fourth-order valence-electron chi connectivity index (χ4n) is 2.43. The van der Waals surface area contributed by atoms with Crippen LogP contribution in [-0.4, -0.2) is 33.5 Å². The molecule has 0 aliphatic rings. The average molecular weight is 406 g/mol. The predicted octanol–water partition coefficient (Wildman–Crippen LogP) is 1.80. The Morgan fingerprint density at radius 1 is 1.14 bits per heavy atom. The van der Waals surface area contributed by atoms with Crippen LogP contribution < -0.4 is 25.8 Å². The number of methoxy groups -OCH3 is 1. The summed E-state index contributed by atoms with van der Waals surface area (Å²) in [4.78, 5) is 23.0. The SMILES string of the molecule is COc1ccccc1NS(=O)(=O)c1cc(NC(=O)[C@H](C)NC(N)=O)ccc1C. The minimum Gasteiger partial charge on any atom is -0.495 e. The normalized spacial score (nSPS) is 12.0. The van der Waals surface area contributed by atoms with Crippen LogP contribution in [0.2, 0.25) is 0 Å². The number of carbonyl (C=O) groups is 2. The van der Waals surface area contributed by atoms with E-state index < -0.39 is 28.0 Å². The van der Waals surface area contributed by atoms with Crippen molar-refractivity contribution in [2.75, 3.05) is 17.1 Å². The van der Waals surface area contributed by atoms with E-state index in [-0.39, 0.29) is 16.3 Å². The molecule has 28 heavy (non-hydrogen) atoms. The summed E-state index contributed by atoms with van der Waals surface area (Å²) in [5.74, 6) is -0.164. The summed E-state index contributed by atoms with van der Waals surface area (Å²) in [6, 6.07) is 9.35. The van der Waals surface area contributed by atoms with E-state index in [1.54, 1.807) is 43.3 Å². The highest BCUT2D eigenvalue weighted by molar-refractivity contribution is 7.92. The van der Waals surface area contributed by atoms with Crippen LogP contribution in [0.1, 0.15) is 12.5 Å². The fourth-order valence-corrected chi connectivity index (χ4v) is 3.77. The third-order valence-electron chi connectivity index (χ3n) is 3.85. The third kappa shape index (κ3) is 5.13. The van der Waals surface area contributed by atoms with Gasteiger partial charge >= 0.3 is 6.03 Å². The van der Waals surface area contributed by atoms with Gasteiger partial charge in [0.15, 0.2) is 0 Å². The van der Waals surface area contributed by atoms with Gasteiger partial charge in [-0.2, -0.15) is 0 Å². The lowest BCUT2D eigenvalue weighted by atomic mass is 10.2. The van der Waals surface area contributed by atoms with Gasteiger partial charge in [-0.1, -0.05) is 18.2 Å². The topological polar surface area (TPSA) is 140 Å². The number of amides is 3. The van der Waals surface area contributed by atoms with Gasteiger partial charge in [0, 0.05) is 5.69 Å². The average Bonchev–Trinajstić information content (AvgIpc) is 2.62. The number of anilines is 2. The monoisotopic (exact) mass is 406 g/mol. The van der Waals surface area contributed by atoms with Crippen LogP contribution in [0.5, 0.6) is 5.75 Å². The third-order valence-corrected chi connectivity index (χ3v) is 5.36. The Balaban J connectivity index is 2.29. The maximum atomic E-state index is 12.9. The zero-order valence-electron chi connectivity index (χ0n) is 15.6. The van der Waals surface area contributed by atoms with Crippen LogP contribution in [0.3, 0.4) is 0 Å². The van der Waals surface area contributed by atoms with Crippen LogP contribution in [0.4, 0.5) is 16.2 Å². The molecule has 2 aromatic rings. The van der Waals surface area contributed by atoms with Gasteiger partial charge in [-0.25, -0.2) is 13.2 Å². The molecule has 150 valence electrons. The van der Waals surface area contributed by atoms with E-state index in [0.29, 0.717) is 11.3 Å². The Hall–Kier alpha value is -3.27. The quantitative estimate of drug-likeness (QED) is 0.555. The molecule has 0 bridgehead atoms. The molecule has 3 amide bonds. The second-order valence-electron chi connectivity index (χ2n) is 6.01. The zero-order chi connectivity index (χ0) is 20.9. The van der Waals surface area contributed by atoms with Crippen molar-refractivity contribution >= 4 is 33.3 Å². The molecule has 10 heteroatoms. The molecule has 0 saturated carbocycles. The van der Waals surface area contributed by atoms with Gasteiger partial charge < -0.3 is 21.1 Å². The highest BCUT2D eigenvalue weighted by atomic mass is 32.2. The molecule has 0 spiro atoms. The lowest BCUT2D eigenvalue weighted by Gasteiger charge is -2.16. The van der Waals surface area contributed by atoms with Crippen molar-refractivity contribution in [3.05, 3.63) is 48.0 Å². The van der Waals surface area contributed by atoms with E-state index in [2.05, 4.69) is 15.4 Å². The second-order valence-corrected chi connectivity index (χ2v) is 7.66. The Kier molecular flexibility index (Phi) is 6.47. The van der Waals surface area contributed by atoms with Crippen molar-refractivity contribution < 1.29 is 22.7 Å². The van der Waals surface area contributed by atoms with E-state index in [0.717, 1.165) is 0 Å². The molecule has 0 heterocycles. The number of ether oxygens (including phenoxy) is 1. The summed E-state index contributed by atoms with van der Waals surface area (Å²) in [6.45, 7) is 3.09. The molecule has 2 aromatic carbocycles. The minimum absolute atomic E-state index is 0.00767. The number of benzene rings is 2. The summed E-state index contributed by atoms with van der Waals surface area (Å²) < 4.78 is 33.4. The molecular weight excluding hydrogens is 384 g/mol. The molecule has 9 nitrogen and oxygen atoms in total. The molecule has 5 N–H and O–H groups in total. The Labute approximate surface area is 163 Å². The Bertz CT molecular complexity index is 991. The van der Waals surface area contributed by atoms with Crippen LogP contribution in [0.25, 0.3) is 0 Å². The predicted molar refractivity (Wildman–Crippen MR) is 106 cm³/mol. The van der Waals surface area contributed by atoms with Crippen LogP contribution in [0.15, 0.2) is 47.4 Å². The molecule has 0 aromatic heterocycles. The fraction of sp³-hybridized carbons (Fsp3) is 0.222. The van der Waals surface area contributed by atoms with Crippen molar-refractivity contribution in [3.63, 3.8) is 0 Å². The van der Waals surface area contributed by atoms with Crippen molar-refractivity contribution in [2.24, 2.45) is 5.73 Å². The summed E-state index contributed by atoms with van der Waals surface area (Å²) >= 11 is 0. The van der Waals surface area contributed by atoms with Crippen molar-refractivity contribution in [3.8, 4) is 5.75 Å². The Morgan fingerprint density at radius 3 is 2.46 bits per heavy atom. The van der Waals surface area contributed by atoms with Gasteiger partial charge in [0.25, 0.3) is 10.0 Å². The van der Waals surface area contributed by atoms with Gasteiger partial charge in [-0.3, -0.25) is 9.52 Å². The number of sulfonamides is 1. The zero-order valence-corrected chi connectivity index (χ0v) is 16.5. The standard InChI is InChI=1S/C18H22N4O5S/c1-11-8-9-13(21-17(23)12(2)20-18(19)24)10-16(11)28(25,26)22-14-6-4-5-7-15(14)27-3/h4-10,12,22H,1-3H3,(H,21,23)(H3,19,20,24)/t12-/m0/s1. The van der Waals surface area contributed by atoms with Gasteiger partial charge in [0.2, 0.25) is 5.91 Å². The highest BCUT2D eigenvalue weighted by Crippen LogP contribution is 2.28. The molecule has 2 rings (SSSR count). The number of hydrogen-bond donors (Lipinski definition) is 4. The summed E-state index contributed by atoms with van der Waals surface area (Å²) in [5, 5.41) is 4.79. The number of carbonyl (C=O) groups excluding carboxylic acids is 2. The van der Waals surface area contributed by atoms with Crippen molar-refractivity contribution in [1.82, 2.24) is 5.32 Å². The lowest BCUT2D eigenvalue weighted by molar-refractivity contribution is -0.117. The van der Waals surface area contributed by atoms with Gasteiger partial charge in [0.1, 0.15) is 11.8 Å². The largest absolute Gasteiger partial charge is 0.495 e. The first kappa shape index (κ1) is 21.0. The van der Waals surface area contributed by atoms with Gasteiger partial charge in [0.05, 0.1) is 17.7 Å². The summed E-state index contributed by atoms with van der Waals surface area (Å²) in [6.07, 6.45) is 0. The smallest absolute Gasteiger partial charge is 0.312 e. The number of primary amides is 1. The summed E-state index contributed by atoms with van der Waals surface area (Å²) in [5.41, 5.74) is 6.03. The summed E-state index contributed by atoms with van der Waals surface area (Å²) in [7, 11) is -2.50. The number of aryl methyl sites for hydroxylation is 1. The number of rotatable bonds is 7. The van der Waals surface area contributed by atoms with E-state index in [4.69, 9.17) is 10.5 Å². The van der Waals surface area contributed by atoms with Crippen molar-refractivity contribution in [1.29, 1.82) is 0 Å². The number of nitrogens with two attached hydrogens (primary N) is 1. The molecule has 0 saturated heterocycles. The number of hydrogen-bond acceptors (Lipinski definition) is 5. The van der Waals surface area contributed by atoms with E-state index >= 15 is 0 Å². The number of para-hydroxylation sites is 2. The molecule has 0 aliphatic carbocycles. The lowest BCUT2D eigenvalue weighted by Crippen LogP contribution is -2.44. The van der Waals surface area contributed by atoms with Crippen LogP contribution >= 0.6 is 0 Å². The minimum atomic E-state index is -3.95. The van der Waals surface area contributed by atoms with Crippen LogP contribution in [-0.2, 0) is 14.8 Å². The highest BCUT2D eigenvalue weighted by Gasteiger charge is 2.21. The van der Waals surface area contributed by atoms with E-state index in [9.17, 15) is 18.0 Å². The first-order valence-corrected chi connectivity index (χ1v) is 9.75. The number of nitrogens with one attached hydrogen (secondary N) is 3. The molecular formula is C18H22N4O5S. The van der Waals surface area contributed by atoms with Crippen molar-refractivity contribution in [2.45, 2.75) is 24.8 Å². The molecule has 0 fully saturated rings. The maximum Gasteiger partial charge on any atom is 0.312 e. The molecule has 1 atom stereocenters. The number of urea groups is 1. The Morgan fingerprint density at radius 2 is 1.82 bits per heavy atom. The first-order valence-electron chi connectivity index (χ1n) is 8.27.